The maximum absolute atomic E-state index is 10.6. The maximum Gasteiger partial charge on any atom is 0.121 e. The quantitative estimate of drug-likeness (QED) is 0.657. The molecule has 2 unspecified atom stereocenters. The molecule has 2 aromatic rings. The van der Waals surface area contributed by atoms with Crippen LogP contribution in [0.5, 0.6) is 11.5 Å². The lowest BCUT2D eigenvalue weighted by Crippen LogP contribution is -2.26. The van der Waals surface area contributed by atoms with Crippen molar-refractivity contribution < 1.29 is 20.1 Å². The Morgan fingerprint density at radius 1 is 0.889 bits per heavy atom. The minimum Gasteiger partial charge on any atom is -0.508 e. The SMILES string of the molecule is Cc1cc(OCC(O)C(O)c2c(O)ccc(C(C)C)c2C)ccc1C(C)C. The van der Waals surface area contributed by atoms with Gasteiger partial charge in [-0.15, -0.1) is 0 Å². The maximum atomic E-state index is 10.6. The first kappa shape index (κ1) is 21.3. The lowest BCUT2D eigenvalue weighted by Gasteiger charge is -2.23. The third-order valence-corrected chi connectivity index (χ3v) is 5.10. The summed E-state index contributed by atoms with van der Waals surface area (Å²) in [6.07, 6.45) is -2.37. The standard InChI is InChI=1S/C23H32O4/c1-13(2)18-8-7-17(11-15(18)5)27-12-21(25)23(26)22-16(6)19(14(3)4)9-10-20(22)24/h7-11,13-14,21,23-26H,12H2,1-6H3. The van der Waals surface area contributed by atoms with E-state index < -0.39 is 12.2 Å². The second kappa shape index (κ2) is 8.77. The van der Waals surface area contributed by atoms with Gasteiger partial charge in [0.1, 0.15) is 30.3 Å². The minimum absolute atomic E-state index is 0.0134. The van der Waals surface area contributed by atoms with Crippen LogP contribution < -0.4 is 4.74 Å². The van der Waals surface area contributed by atoms with Crippen molar-refractivity contribution in [2.24, 2.45) is 0 Å². The van der Waals surface area contributed by atoms with Crippen LogP contribution in [0.25, 0.3) is 0 Å². The molecule has 0 heterocycles. The number of rotatable bonds is 7. The molecule has 0 aromatic heterocycles. The topological polar surface area (TPSA) is 69.9 Å². The molecule has 2 rings (SSSR count). The number of aryl methyl sites for hydroxylation is 1. The van der Waals surface area contributed by atoms with E-state index in [-0.39, 0.29) is 18.3 Å². The second-order valence-corrected chi connectivity index (χ2v) is 7.86. The Hall–Kier alpha value is -2.04. The van der Waals surface area contributed by atoms with E-state index in [1.54, 1.807) is 6.07 Å². The molecular formula is C23H32O4. The summed E-state index contributed by atoms with van der Waals surface area (Å²) in [7, 11) is 0. The van der Waals surface area contributed by atoms with Crippen molar-refractivity contribution in [2.45, 2.75) is 65.6 Å². The third-order valence-electron chi connectivity index (χ3n) is 5.10. The fourth-order valence-corrected chi connectivity index (χ4v) is 3.58. The molecule has 0 fully saturated rings. The first-order valence-corrected chi connectivity index (χ1v) is 9.55. The van der Waals surface area contributed by atoms with Crippen molar-refractivity contribution in [3.63, 3.8) is 0 Å². The van der Waals surface area contributed by atoms with Gasteiger partial charge in [0.2, 0.25) is 0 Å². The minimum atomic E-state index is -1.22. The summed E-state index contributed by atoms with van der Waals surface area (Å²) in [5.41, 5.74) is 4.59. The van der Waals surface area contributed by atoms with E-state index in [9.17, 15) is 15.3 Å². The fourth-order valence-electron chi connectivity index (χ4n) is 3.58. The first-order chi connectivity index (χ1) is 12.6. The van der Waals surface area contributed by atoms with Gasteiger partial charge < -0.3 is 20.1 Å². The van der Waals surface area contributed by atoms with Gasteiger partial charge in [0.15, 0.2) is 0 Å². The van der Waals surface area contributed by atoms with Crippen LogP contribution in [0.2, 0.25) is 0 Å². The van der Waals surface area contributed by atoms with Crippen LogP contribution in [0.4, 0.5) is 0 Å². The zero-order chi connectivity index (χ0) is 20.3. The molecule has 0 bridgehead atoms. The number of aliphatic hydroxyl groups excluding tert-OH is 2. The van der Waals surface area contributed by atoms with Crippen LogP contribution >= 0.6 is 0 Å². The van der Waals surface area contributed by atoms with Crippen LogP contribution in [0, 0.1) is 13.8 Å². The van der Waals surface area contributed by atoms with Gasteiger partial charge >= 0.3 is 0 Å². The lowest BCUT2D eigenvalue weighted by atomic mass is 9.90. The van der Waals surface area contributed by atoms with Crippen molar-refractivity contribution in [3.8, 4) is 11.5 Å². The summed E-state index contributed by atoms with van der Waals surface area (Å²) >= 11 is 0. The van der Waals surface area contributed by atoms with Crippen molar-refractivity contribution >= 4 is 0 Å². The van der Waals surface area contributed by atoms with Gasteiger partial charge in [-0.2, -0.15) is 0 Å². The van der Waals surface area contributed by atoms with E-state index in [0.29, 0.717) is 17.2 Å². The molecule has 0 aliphatic carbocycles. The monoisotopic (exact) mass is 372 g/mol. The van der Waals surface area contributed by atoms with Crippen LogP contribution in [0.3, 0.4) is 0 Å². The van der Waals surface area contributed by atoms with E-state index in [0.717, 1.165) is 16.7 Å². The Labute approximate surface area is 162 Å². The Bertz CT molecular complexity index is 780. The number of benzene rings is 2. The molecule has 2 aromatic carbocycles. The molecule has 0 saturated heterocycles. The molecule has 3 N–H and O–H groups in total. The molecule has 4 nitrogen and oxygen atoms in total. The number of hydrogen-bond acceptors (Lipinski definition) is 4. The van der Waals surface area contributed by atoms with Gasteiger partial charge in [-0.25, -0.2) is 0 Å². The van der Waals surface area contributed by atoms with E-state index in [2.05, 4.69) is 27.7 Å². The molecule has 0 spiro atoms. The van der Waals surface area contributed by atoms with Gasteiger partial charge in [0.05, 0.1) is 0 Å². The molecule has 0 aliphatic heterocycles. The predicted octanol–water partition coefficient (Wildman–Crippen LogP) is 4.73. The Morgan fingerprint density at radius 2 is 1.48 bits per heavy atom. The summed E-state index contributed by atoms with van der Waals surface area (Å²) in [5.74, 6) is 1.33. The Morgan fingerprint density at radius 3 is 2.04 bits per heavy atom. The van der Waals surface area contributed by atoms with Crippen LogP contribution in [-0.4, -0.2) is 28.0 Å². The normalized spacial score (nSPS) is 13.9. The predicted molar refractivity (Wildman–Crippen MR) is 109 cm³/mol. The average Bonchev–Trinajstić information content (AvgIpc) is 2.58. The largest absolute Gasteiger partial charge is 0.508 e. The molecule has 0 amide bonds. The molecule has 27 heavy (non-hydrogen) atoms. The Kier molecular flexibility index (Phi) is 6.90. The van der Waals surface area contributed by atoms with Gasteiger partial charge in [0, 0.05) is 5.56 Å². The summed E-state index contributed by atoms with van der Waals surface area (Å²) in [6.45, 7) is 12.2. The van der Waals surface area contributed by atoms with E-state index in [4.69, 9.17) is 4.74 Å². The number of phenols is 1. The van der Waals surface area contributed by atoms with Crippen LogP contribution in [0.15, 0.2) is 30.3 Å². The highest BCUT2D eigenvalue weighted by molar-refractivity contribution is 5.46. The number of phenolic OH excluding ortho intramolecular Hbond substituents is 1. The molecule has 4 heteroatoms. The molecule has 0 saturated carbocycles. The summed E-state index contributed by atoms with van der Waals surface area (Å²) in [6, 6.07) is 9.27. The zero-order valence-corrected chi connectivity index (χ0v) is 17.2. The highest BCUT2D eigenvalue weighted by Gasteiger charge is 2.25. The smallest absolute Gasteiger partial charge is 0.121 e. The van der Waals surface area contributed by atoms with Gasteiger partial charge in [0.25, 0.3) is 0 Å². The molecule has 0 aliphatic rings. The third kappa shape index (κ3) is 4.82. The lowest BCUT2D eigenvalue weighted by molar-refractivity contribution is -0.0104. The Balaban J connectivity index is 2.14. The second-order valence-electron chi connectivity index (χ2n) is 7.86. The molecule has 148 valence electrons. The number of ether oxygens (including phenoxy) is 1. The summed E-state index contributed by atoms with van der Waals surface area (Å²) < 4.78 is 5.69. The molecular weight excluding hydrogens is 340 g/mol. The number of hydrogen-bond donors (Lipinski definition) is 3. The van der Waals surface area contributed by atoms with Crippen molar-refractivity contribution in [3.05, 3.63) is 58.1 Å². The summed E-state index contributed by atoms with van der Waals surface area (Å²) in [4.78, 5) is 0. The number of aliphatic hydroxyl groups is 2. The van der Waals surface area contributed by atoms with E-state index in [1.807, 2.05) is 38.1 Å². The van der Waals surface area contributed by atoms with Gasteiger partial charge in [-0.05, 0) is 66.1 Å². The van der Waals surface area contributed by atoms with Crippen molar-refractivity contribution in [2.75, 3.05) is 6.61 Å². The highest BCUT2D eigenvalue weighted by Crippen LogP contribution is 2.34. The van der Waals surface area contributed by atoms with Gasteiger partial charge in [-0.3, -0.25) is 0 Å². The van der Waals surface area contributed by atoms with Crippen molar-refractivity contribution in [1.29, 1.82) is 0 Å². The first-order valence-electron chi connectivity index (χ1n) is 9.55. The molecule has 2 atom stereocenters. The number of aromatic hydroxyl groups is 1. The fraction of sp³-hybridized carbons (Fsp3) is 0.478. The van der Waals surface area contributed by atoms with Crippen LogP contribution in [0.1, 0.15) is 73.5 Å². The summed E-state index contributed by atoms with van der Waals surface area (Å²) in [5, 5.41) is 31.3. The zero-order valence-electron chi connectivity index (χ0n) is 17.2. The van der Waals surface area contributed by atoms with Gasteiger partial charge in [-0.1, -0.05) is 39.8 Å². The van der Waals surface area contributed by atoms with E-state index >= 15 is 0 Å². The van der Waals surface area contributed by atoms with E-state index in [1.165, 1.54) is 5.56 Å². The molecule has 0 radical (unpaired) electrons. The highest BCUT2D eigenvalue weighted by atomic mass is 16.5. The van der Waals surface area contributed by atoms with Crippen LogP contribution in [-0.2, 0) is 0 Å². The average molecular weight is 373 g/mol. The van der Waals surface area contributed by atoms with Crippen molar-refractivity contribution in [1.82, 2.24) is 0 Å².